The molecule has 4 rings (SSSR count). The van der Waals surface area contributed by atoms with Crippen LogP contribution in [0.25, 0.3) is 22.6 Å². The third kappa shape index (κ3) is 4.58. The zero-order chi connectivity index (χ0) is 21.8. The first kappa shape index (κ1) is 21.0. The summed E-state index contributed by atoms with van der Waals surface area (Å²) in [5.74, 6) is 0.785. The van der Waals surface area contributed by atoms with Crippen molar-refractivity contribution in [2.45, 2.75) is 24.2 Å². The Balaban J connectivity index is 1.71. The van der Waals surface area contributed by atoms with Crippen LogP contribution in [-0.4, -0.2) is 10.2 Å². The van der Waals surface area contributed by atoms with Crippen molar-refractivity contribution in [3.63, 3.8) is 0 Å². The highest BCUT2D eigenvalue weighted by molar-refractivity contribution is 9.08. The Kier molecular flexibility index (Phi) is 5.99. The Morgan fingerprint density at radius 2 is 1.68 bits per heavy atom. The predicted octanol–water partition coefficient (Wildman–Crippen LogP) is 5.59. The molecule has 0 unspecified atom stereocenters. The summed E-state index contributed by atoms with van der Waals surface area (Å²) < 4.78 is 6.03. The van der Waals surface area contributed by atoms with Crippen molar-refractivity contribution >= 4 is 15.9 Å². The molecule has 0 aliphatic rings. The highest BCUT2D eigenvalue weighted by Gasteiger charge is 2.29. The minimum atomic E-state index is -0.796. The summed E-state index contributed by atoms with van der Waals surface area (Å²) in [4.78, 5) is 0. The molecule has 2 N–H and O–H groups in total. The first-order valence-electron chi connectivity index (χ1n) is 9.87. The summed E-state index contributed by atoms with van der Waals surface area (Å²) in [6, 6.07) is 25.8. The van der Waals surface area contributed by atoms with Crippen LogP contribution in [0, 0.1) is 11.3 Å². The van der Waals surface area contributed by atoms with Gasteiger partial charge in [-0.05, 0) is 53.8 Å². The van der Waals surface area contributed by atoms with Crippen molar-refractivity contribution in [3.8, 4) is 28.7 Å². The molecule has 0 saturated carbocycles. The fraction of sp³-hybridized carbons (Fsp3) is 0.160. The number of nitrogens with zero attached hydrogens (tertiary/aromatic N) is 3. The lowest BCUT2D eigenvalue weighted by atomic mass is 9.94. The van der Waals surface area contributed by atoms with E-state index in [1.807, 2.05) is 79.7 Å². The number of hydrogen-bond acceptors (Lipinski definition) is 5. The number of halogens is 1. The van der Waals surface area contributed by atoms with Crippen LogP contribution in [0.2, 0.25) is 0 Å². The second kappa shape index (κ2) is 8.84. The standard InChI is InChI=1S/C25H21BrN4O/c1-25(28,14-17-7-3-2-4-8-17)24-30-29-23(31-24)21-12-18(15-26)11-20(13-21)22-10-6-5-9-19(22)16-27/h2-13H,14-15,28H2,1H3/t25-/m1/s1. The summed E-state index contributed by atoms with van der Waals surface area (Å²) >= 11 is 3.53. The summed E-state index contributed by atoms with van der Waals surface area (Å²) in [6.07, 6.45) is 0.581. The molecule has 0 bridgehead atoms. The predicted molar refractivity (Wildman–Crippen MR) is 124 cm³/mol. The van der Waals surface area contributed by atoms with Gasteiger partial charge in [0.15, 0.2) is 0 Å². The number of alkyl halides is 1. The first-order chi connectivity index (χ1) is 15.0. The van der Waals surface area contributed by atoms with Gasteiger partial charge in [-0.3, -0.25) is 0 Å². The van der Waals surface area contributed by atoms with Gasteiger partial charge in [0.25, 0.3) is 0 Å². The molecule has 3 aromatic carbocycles. The largest absolute Gasteiger partial charge is 0.419 e. The third-order valence-corrected chi connectivity index (χ3v) is 5.73. The number of nitrogens with two attached hydrogens (primary N) is 1. The van der Waals surface area contributed by atoms with E-state index in [9.17, 15) is 5.26 Å². The van der Waals surface area contributed by atoms with Gasteiger partial charge in [0.05, 0.1) is 17.2 Å². The van der Waals surface area contributed by atoms with Gasteiger partial charge < -0.3 is 10.2 Å². The molecule has 0 spiro atoms. The molecule has 6 heteroatoms. The minimum absolute atomic E-state index is 0.384. The Hall–Kier alpha value is -3.27. The van der Waals surface area contributed by atoms with E-state index < -0.39 is 5.54 Å². The van der Waals surface area contributed by atoms with Gasteiger partial charge >= 0.3 is 0 Å². The number of nitriles is 1. The van der Waals surface area contributed by atoms with Crippen LogP contribution in [0.3, 0.4) is 0 Å². The van der Waals surface area contributed by atoms with Gasteiger partial charge in [-0.15, -0.1) is 10.2 Å². The lowest BCUT2D eigenvalue weighted by Crippen LogP contribution is -2.35. The fourth-order valence-electron chi connectivity index (χ4n) is 3.55. The second-order valence-electron chi connectivity index (χ2n) is 7.70. The third-order valence-electron chi connectivity index (χ3n) is 5.08. The van der Waals surface area contributed by atoms with Gasteiger partial charge in [0, 0.05) is 10.9 Å². The molecule has 0 aliphatic heterocycles. The molecule has 5 nitrogen and oxygen atoms in total. The molecular weight excluding hydrogens is 452 g/mol. The van der Waals surface area contributed by atoms with Crippen molar-refractivity contribution in [3.05, 3.63) is 95.4 Å². The Labute approximate surface area is 189 Å². The summed E-state index contributed by atoms with van der Waals surface area (Å²) in [6.45, 7) is 1.89. The number of rotatable bonds is 6. The van der Waals surface area contributed by atoms with Crippen LogP contribution in [0.15, 0.2) is 77.2 Å². The van der Waals surface area contributed by atoms with E-state index in [1.165, 1.54) is 0 Å². The SMILES string of the molecule is C[C@@](N)(Cc1ccccc1)c1nnc(-c2cc(CBr)cc(-c3ccccc3C#N)c2)o1. The van der Waals surface area contributed by atoms with Crippen molar-refractivity contribution in [2.75, 3.05) is 0 Å². The van der Waals surface area contributed by atoms with Gasteiger partial charge in [-0.25, -0.2) is 0 Å². The molecule has 1 atom stereocenters. The van der Waals surface area contributed by atoms with E-state index >= 15 is 0 Å². The van der Waals surface area contributed by atoms with Crippen LogP contribution < -0.4 is 5.73 Å². The average Bonchev–Trinajstić information content (AvgIpc) is 3.31. The minimum Gasteiger partial charge on any atom is -0.419 e. The van der Waals surface area contributed by atoms with Crippen LogP contribution in [-0.2, 0) is 17.3 Å². The van der Waals surface area contributed by atoms with E-state index in [1.54, 1.807) is 0 Å². The van der Waals surface area contributed by atoms with Crippen molar-refractivity contribution in [1.82, 2.24) is 10.2 Å². The van der Waals surface area contributed by atoms with Gasteiger partial charge in [0.2, 0.25) is 11.8 Å². The summed E-state index contributed by atoms with van der Waals surface area (Å²) in [7, 11) is 0. The summed E-state index contributed by atoms with van der Waals surface area (Å²) in [5, 5.41) is 18.7. The van der Waals surface area contributed by atoms with E-state index in [2.05, 4.69) is 32.2 Å². The van der Waals surface area contributed by atoms with Crippen molar-refractivity contribution in [2.24, 2.45) is 5.73 Å². The molecule has 154 valence electrons. The average molecular weight is 473 g/mol. The normalized spacial score (nSPS) is 12.8. The molecular formula is C25H21BrN4O. The number of aromatic nitrogens is 2. The van der Waals surface area contributed by atoms with E-state index in [4.69, 9.17) is 10.2 Å². The lowest BCUT2D eigenvalue weighted by molar-refractivity contribution is 0.355. The van der Waals surface area contributed by atoms with E-state index in [-0.39, 0.29) is 0 Å². The van der Waals surface area contributed by atoms with Crippen molar-refractivity contribution in [1.29, 1.82) is 5.26 Å². The zero-order valence-electron chi connectivity index (χ0n) is 17.0. The first-order valence-corrected chi connectivity index (χ1v) is 11.0. The number of hydrogen-bond donors (Lipinski definition) is 1. The molecule has 1 aromatic heterocycles. The maximum Gasteiger partial charge on any atom is 0.247 e. The fourth-order valence-corrected chi connectivity index (χ4v) is 3.87. The molecule has 31 heavy (non-hydrogen) atoms. The van der Waals surface area contributed by atoms with Gasteiger partial charge in [-0.1, -0.05) is 70.5 Å². The van der Waals surface area contributed by atoms with Crippen LogP contribution in [0.5, 0.6) is 0 Å². The van der Waals surface area contributed by atoms with Crippen molar-refractivity contribution < 1.29 is 4.42 Å². The second-order valence-corrected chi connectivity index (χ2v) is 8.26. The maximum atomic E-state index is 9.49. The lowest BCUT2D eigenvalue weighted by Gasteiger charge is -2.20. The summed E-state index contributed by atoms with van der Waals surface area (Å²) in [5.41, 5.74) is 11.1. The Morgan fingerprint density at radius 3 is 2.42 bits per heavy atom. The van der Waals surface area contributed by atoms with Gasteiger partial charge in [-0.2, -0.15) is 5.26 Å². The van der Waals surface area contributed by atoms with Crippen LogP contribution in [0.1, 0.15) is 29.5 Å². The monoisotopic (exact) mass is 472 g/mol. The molecule has 0 saturated heterocycles. The molecule has 0 amide bonds. The molecule has 1 heterocycles. The van der Waals surface area contributed by atoms with E-state index in [0.29, 0.717) is 29.1 Å². The highest BCUT2D eigenvalue weighted by atomic mass is 79.9. The zero-order valence-corrected chi connectivity index (χ0v) is 18.6. The topological polar surface area (TPSA) is 88.7 Å². The quantitative estimate of drug-likeness (QED) is 0.369. The Morgan fingerprint density at radius 1 is 0.968 bits per heavy atom. The smallest absolute Gasteiger partial charge is 0.247 e. The van der Waals surface area contributed by atoms with E-state index in [0.717, 1.165) is 27.8 Å². The highest BCUT2D eigenvalue weighted by Crippen LogP contribution is 2.32. The maximum absolute atomic E-state index is 9.49. The molecule has 0 aliphatic carbocycles. The van der Waals surface area contributed by atoms with Crippen LogP contribution >= 0.6 is 15.9 Å². The number of benzene rings is 3. The molecule has 0 fully saturated rings. The molecule has 4 aromatic rings. The van der Waals surface area contributed by atoms with Gasteiger partial charge in [0.1, 0.15) is 0 Å². The van der Waals surface area contributed by atoms with Crippen LogP contribution in [0.4, 0.5) is 0 Å². The molecule has 0 radical (unpaired) electrons. The Bertz CT molecular complexity index is 1240.